The second-order valence-electron chi connectivity index (χ2n) is 4.64. The number of nitrogens with one attached hydrogen (secondary N) is 2. The van der Waals surface area contributed by atoms with E-state index in [1.807, 2.05) is 0 Å². The van der Waals surface area contributed by atoms with Crippen molar-refractivity contribution in [3.05, 3.63) is 47.2 Å². The highest BCUT2D eigenvalue weighted by molar-refractivity contribution is 7.92. The molecular formula is C14H17FN2O3S. The van der Waals surface area contributed by atoms with Crippen LogP contribution in [0, 0.1) is 19.7 Å². The van der Waals surface area contributed by atoms with Gasteiger partial charge in [-0.15, -0.1) is 0 Å². The van der Waals surface area contributed by atoms with Gasteiger partial charge in [-0.05, 0) is 33.0 Å². The Morgan fingerprint density at radius 3 is 2.48 bits per heavy atom. The molecule has 0 aliphatic carbocycles. The highest BCUT2D eigenvalue weighted by Gasteiger charge is 2.27. The van der Waals surface area contributed by atoms with Crippen LogP contribution in [0.25, 0.3) is 0 Å². The lowest BCUT2D eigenvalue weighted by Gasteiger charge is -2.10. The van der Waals surface area contributed by atoms with E-state index in [1.165, 1.54) is 18.2 Å². The second-order valence-corrected chi connectivity index (χ2v) is 6.26. The van der Waals surface area contributed by atoms with Crippen molar-refractivity contribution in [3.8, 4) is 0 Å². The number of furan rings is 1. The van der Waals surface area contributed by atoms with Gasteiger partial charge in [0.1, 0.15) is 22.2 Å². The third-order valence-electron chi connectivity index (χ3n) is 3.07. The van der Waals surface area contributed by atoms with Gasteiger partial charge >= 0.3 is 0 Å². The van der Waals surface area contributed by atoms with Crippen LogP contribution in [0.1, 0.15) is 17.1 Å². The minimum atomic E-state index is -3.92. The minimum absolute atomic E-state index is 0.0533. The smallest absolute Gasteiger partial charge is 0.265 e. The first-order chi connectivity index (χ1) is 9.86. The fourth-order valence-electron chi connectivity index (χ4n) is 2.18. The van der Waals surface area contributed by atoms with Gasteiger partial charge in [-0.25, -0.2) is 12.8 Å². The average molecular weight is 312 g/mol. The quantitative estimate of drug-likeness (QED) is 0.890. The molecule has 1 aromatic carbocycles. The molecule has 0 amide bonds. The maximum Gasteiger partial charge on any atom is 0.265 e. The standard InChI is InChI=1S/C14H17FN2O3S/c1-9-11(8-16-3)14(10(2)20-9)21(18,19)17-13-7-5-4-6-12(13)15/h4-7,16-17H,8H2,1-3H3. The van der Waals surface area contributed by atoms with Gasteiger partial charge in [0.05, 0.1) is 5.69 Å². The number of benzene rings is 1. The highest BCUT2D eigenvalue weighted by Crippen LogP contribution is 2.28. The summed E-state index contributed by atoms with van der Waals surface area (Å²) in [5.74, 6) is 0.173. The van der Waals surface area contributed by atoms with Crippen molar-refractivity contribution in [1.82, 2.24) is 5.32 Å². The van der Waals surface area contributed by atoms with Crippen molar-refractivity contribution in [2.75, 3.05) is 11.8 Å². The molecule has 0 unspecified atom stereocenters. The largest absolute Gasteiger partial charge is 0.465 e. The fraction of sp³-hybridized carbons (Fsp3) is 0.286. The summed E-state index contributed by atoms with van der Waals surface area (Å²) < 4.78 is 46.3. The first-order valence-electron chi connectivity index (χ1n) is 6.37. The SMILES string of the molecule is CNCc1c(C)oc(C)c1S(=O)(=O)Nc1ccccc1F. The molecule has 0 fully saturated rings. The van der Waals surface area contributed by atoms with Crippen LogP contribution >= 0.6 is 0 Å². The van der Waals surface area contributed by atoms with Crippen LogP contribution in [0.4, 0.5) is 10.1 Å². The van der Waals surface area contributed by atoms with E-state index in [4.69, 9.17) is 4.42 Å². The van der Waals surface area contributed by atoms with Crippen LogP contribution in [0.3, 0.4) is 0 Å². The molecule has 114 valence electrons. The van der Waals surface area contributed by atoms with Crippen molar-refractivity contribution in [2.24, 2.45) is 0 Å². The molecular weight excluding hydrogens is 295 g/mol. The molecule has 2 N–H and O–H groups in total. The summed E-state index contributed by atoms with van der Waals surface area (Å²) in [6.07, 6.45) is 0. The summed E-state index contributed by atoms with van der Waals surface area (Å²) in [6, 6.07) is 5.61. The van der Waals surface area contributed by atoms with Gasteiger partial charge in [-0.1, -0.05) is 12.1 Å². The van der Waals surface area contributed by atoms with Crippen molar-refractivity contribution >= 4 is 15.7 Å². The van der Waals surface area contributed by atoms with E-state index in [-0.39, 0.29) is 16.3 Å². The number of sulfonamides is 1. The van der Waals surface area contributed by atoms with Crippen LogP contribution in [0.15, 0.2) is 33.6 Å². The fourth-order valence-corrected chi connectivity index (χ4v) is 3.70. The Kier molecular flexibility index (Phi) is 4.34. The zero-order valence-electron chi connectivity index (χ0n) is 12.0. The molecule has 2 aromatic rings. The maximum absolute atomic E-state index is 13.6. The summed E-state index contributed by atoms with van der Waals surface area (Å²) >= 11 is 0. The molecule has 21 heavy (non-hydrogen) atoms. The van der Waals surface area contributed by atoms with Crippen LogP contribution in [0.2, 0.25) is 0 Å². The number of anilines is 1. The molecule has 0 radical (unpaired) electrons. The monoisotopic (exact) mass is 312 g/mol. The molecule has 0 aliphatic rings. The second kappa shape index (κ2) is 5.87. The molecule has 5 nitrogen and oxygen atoms in total. The molecule has 2 rings (SSSR count). The summed E-state index contributed by atoms with van der Waals surface area (Å²) in [5.41, 5.74) is 0.449. The number of para-hydroxylation sites is 1. The van der Waals surface area contributed by atoms with Gasteiger partial charge < -0.3 is 9.73 Å². The number of halogens is 1. The lowest BCUT2D eigenvalue weighted by molar-refractivity contribution is 0.494. The van der Waals surface area contributed by atoms with E-state index >= 15 is 0 Å². The Morgan fingerprint density at radius 2 is 1.86 bits per heavy atom. The van der Waals surface area contributed by atoms with Crippen LogP contribution < -0.4 is 10.0 Å². The van der Waals surface area contributed by atoms with Crippen LogP contribution in [-0.4, -0.2) is 15.5 Å². The first-order valence-corrected chi connectivity index (χ1v) is 7.86. The molecule has 0 spiro atoms. The zero-order valence-corrected chi connectivity index (χ0v) is 12.8. The van der Waals surface area contributed by atoms with Crippen LogP contribution in [0.5, 0.6) is 0 Å². The molecule has 0 bridgehead atoms. The summed E-state index contributed by atoms with van der Waals surface area (Å²) in [4.78, 5) is 0.0533. The topological polar surface area (TPSA) is 71.3 Å². The lowest BCUT2D eigenvalue weighted by atomic mass is 10.2. The van der Waals surface area contributed by atoms with Gasteiger partial charge in [0.2, 0.25) is 0 Å². The number of aryl methyl sites for hydroxylation is 2. The molecule has 0 atom stereocenters. The summed E-state index contributed by atoms with van der Waals surface area (Å²) in [6.45, 7) is 3.61. The van der Waals surface area contributed by atoms with Gasteiger partial charge in [0.15, 0.2) is 0 Å². The van der Waals surface area contributed by atoms with Crippen molar-refractivity contribution < 1.29 is 17.2 Å². The van der Waals surface area contributed by atoms with Crippen molar-refractivity contribution in [2.45, 2.75) is 25.3 Å². The predicted octanol–water partition coefficient (Wildman–Crippen LogP) is 2.56. The molecule has 0 saturated heterocycles. The highest BCUT2D eigenvalue weighted by atomic mass is 32.2. The van der Waals surface area contributed by atoms with Gasteiger partial charge in [0.25, 0.3) is 10.0 Å². The summed E-state index contributed by atoms with van der Waals surface area (Å²) in [5, 5.41) is 2.90. The Hall–Kier alpha value is -1.86. The average Bonchev–Trinajstić information content (AvgIpc) is 2.68. The number of rotatable bonds is 5. The third kappa shape index (κ3) is 3.08. The summed E-state index contributed by atoms with van der Waals surface area (Å²) in [7, 11) is -2.21. The number of hydrogen-bond donors (Lipinski definition) is 2. The maximum atomic E-state index is 13.6. The molecule has 7 heteroatoms. The van der Waals surface area contributed by atoms with E-state index < -0.39 is 15.8 Å². The minimum Gasteiger partial charge on any atom is -0.465 e. The zero-order chi connectivity index (χ0) is 15.6. The van der Waals surface area contributed by atoms with Gasteiger partial charge in [0, 0.05) is 12.1 Å². The normalized spacial score (nSPS) is 11.6. The number of hydrogen-bond acceptors (Lipinski definition) is 4. The van der Waals surface area contributed by atoms with E-state index in [9.17, 15) is 12.8 Å². The Labute approximate surface area is 123 Å². The molecule has 1 heterocycles. The van der Waals surface area contributed by atoms with E-state index in [0.717, 1.165) is 0 Å². The molecule has 0 saturated carbocycles. The van der Waals surface area contributed by atoms with E-state index in [2.05, 4.69) is 10.0 Å². The Bertz CT molecular complexity index is 754. The Morgan fingerprint density at radius 1 is 1.19 bits per heavy atom. The predicted molar refractivity (Wildman–Crippen MR) is 78.2 cm³/mol. The van der Waals surface area contributed by atoms with Crippen LogP contribution in [-0.2, 0) is 16.6 Å². The van der Waals surface area contributed by atoms with Crippen molar-refractivity contribution in [3.63, 3.8) is 0 Å². The lowest BCUT2D eigenvalue weighted by Crippen LogP contribution is -2.18. The van der Waals surface area contributed by atoms with Gasteiger partial charge in [-0.3, -0.25) is 4.72 Å². The Balaban J connectivity index is 2.48. The van der Waals surface area contributed by atoms with Crippen molar-refractivity contribution in [1.29, 1.82) is 0 Å². The molecule has 1 aromatic heterocycles. The molecule has 0 aliphatic heterocycles. The first kappa shape index (κ1) is 15.5. The van der Waals surface area contributed by atoms with E-state index in [0.29, 0.717) is 17.9 Å². The van der Waals surface area contributed by atoms with Gasteiger partial charge in [-0.2, -0.15) is 0 Å². The third-order valence-corrected chi connectivity index (χ3v) is 4.63. The van der Waals surface area contributed by atoms with E-state index in [1.54, 1.807) is 27.0 Å².